The van der Waals surface area contributed by atoms with Crippen molar-refractivity contribution in [3.8, 4) is 0 Å². The van der Waals surface area contributed by atoms with Gasteiger partial charge in [-0.15, -0.1) is 15.3 Å². The Morgan fingerprint density at radius 3 is 2.54 bits per heavy atom. The van der Waals surface area contributed by atoms with E-state index < -0.39 is 0 Å². The Hall–Kier alpha value is -1.89. The van der Waals surface area contributed by atoms with E-state index in [1.165, 1.54) is 0 Å². The van der Waals surface area contributed by atoms with Gasteiger partial charge < -0.3 is 5.32 Å². The second-order valence-corrected chi connectivity index (χ2v) is 7.58. The van der Waals surface area contributed by atoms with Crippen LogP contribution in [0.15, 0.2) is 30.3 Å². The predicted molar refractivity (Wildman–Crippen MR) is 104 cm³/mol. The molecule has 1 aromatic carbocycles. The summed E-state index contributed by atoms with van der Waals surface area (Å²) in [6.07, 6.45) is 2.13. The van der Waals surface area contributed by atoms with Crippen LogP contribution in [0.25, 0.3) is 5.65 Å². The number of hydrogen-bond acceptors (Lipinski definition) is 5. The van der Waals surface area contributed by atoms with Crippen LogP contribution >= 0.6 is 23.2 Å². The molecule has 0 aliphatic carbocycles. The van der Waals surface area contributed by atoms with Crippen molar-refractivity contribution in [2.75, 3.05) is 18.4 Å². The molecule has 0 unspecified atom stereocenters. The van der Waals surface area contributed by atoms with Gasteiger partial charge in [0.25, 0.3) is 0 Å². The molecular weight excluding hydrogens is 371 g/mol. The SMILES string of the molecule is Cc1nnc2ccc(NC3CCN(Cc4cc(Cl)cc(Cl)c4)CC3)nn12. The Morgan fingerprint density at radius 1 is 1.08 bits per heavy atom. The topological polar surface area (TPSA) is 58.4 Å². The Bertz CT molecular complexity index is 897. The van der Waals surface area contributed by atoms with Crippen LogP contribution in [0.2, 0.25) is 10.0 Å². The van der Waals surface area contributed by atoms with Crippen LogP contribution in [0.1, 0.15) is 24.2 Å². The zero-order valence-electron chi connectivity index (χ0n) is 14.5. The van der Waals surface area contributed by atoms with E-state index in [4.69, 9.17) is 23.2 Å². The largest absolute Gasteiger partial charge is 0.366 e. The highest BCUT2D eigenvalue weighted by atomic mass is 35.5. The van der Waals surface area contributed by atoms with Crippen molar-refractivity contribution in [1.29, 1.82) is 0 Å². The van der Waals surface area contributed by atoms with E-state index in [2.05, 4.69) is 25.5 Å². The molecule has 3 heterocycles. The van der Waals surface area contributed by atoms with Gasteiger partial charge >= 0.3 is 0 Å². The number of aryl methyl sites for hydroxylation is 1. The quantitative estimate of drug-likeness (QED) is 0.733. The van der Waals surface area contributed by atoms with E-state index in [0.29, 0.717) is 16.1 Å². The maximum absolute atomic E-state index is 6.09. The molecule has 0 radical (unpaired) electrons. The molecule has 1 saturated heterocycles. The Labute approximate surface area is 162 Å². The number of anilines is 1. The predicted octanol–water partition coefficient (Wildman–Crippen LogP) is 3.82. The number of hydrogen-bond donors (Lipinski definition) is 1. The van der Waals surface area contributed by atoms with Gasteiger partial charge in [-0.2, -0.15) is 4.52 Å². The van der Waals surface area contributed by atoms with Gasteiger partial charge in [-0.1, -0.05) is 23.2 Å². The second-order valence-electron chi connectivity index (χ2n) is 6.71. The zero-order chi connectivity index (χ0) is 18.1. The summed E-state index contributed by atoms with van der Waals surface area (Å²) in [6, 6.07) is 10.0. The van der Waals surface area contributed by atoms with Crippen molar-refractivity contribution >= 4 is 34.7 Å². The number of fused-ring (bicyclic) bond motifs is 1. The molecule has 0 bridgehead atoms. The van der Waals surface area contributed by atoms with Gasteiger partial charge in [-0.3, -0.25) is 4.90 Å². The third-order valence-electron chi connectivity index (χ3n) is 4.69. The third-order valence-corrected chi connectivity index (χ3v) is 5.12. The highest BCUT2D eigenvalue weighted by molar-refractivity contribution is 6.34. The molecule has 136 valence electrons. The number of piperidine rings is 1. The van der Waals surface area contributed by atoms with Gasteiger partial charge in [0.2, 0.25) is 0 Å². The van der Waals surface area contributed by atoms with Crippen LogP contribution in [0.5, 0.6) is 0 Å². The van der Waals surface area contributed by atoms with Crippen LogP contribution in [0.3, 0.4) is 0 Å². The first-order valence-electron chi connectivity index (χ1n) is 8.70. The molecule has 26 heavy (non-hydrogen) atoms. The van der Waals surface area contributed by atoms with Gasteiger partial charge in [-0.25, -0.2) is 0 Å². The number of halogens is 2. The highest BCUT2D eigenvalue weighted by Gasteiger charge is 2.20. The Morgan fingerprint density at radius 2 is 1.81 bits per heavy atom. The van der Waals surface area contributed by atoms with E-state index in [9.17, 15) is 0 Å². The minimum atomic E-state index is 0.413. The third kappa shape index (κ3) is 3.92. The first-order chi connectivity index (χ1) is 12.6. The lowest BCUT2D eigenvalue weighted by atomic mass is 10.0. The molecule has 1 fully saturated rings. The average molecular weight is 391 g/mol. The lowest BCUT2D eigenvalue weighted by Crippen LogP contribution is -2.38. The first-order valence-corrected chi connectivity index (χ1v) is 9.45. The van der Waals surface area contributed by atoms with E-state index in [0.717, 1.165) is 55.3 Å². The lowest BCUT2D eigenvalue weighted by Gasteiger charge is -2.32. The molecule has 1 N–H and O–H groups in total. The van der Waals surface area contributed by atoms with Crippen LogP contribution in [0, 0.1) is 6.92 Å². The van der Waals surface area contributed by atoms with Crippen LogP contribution < -0.4 is 5.32 Å². The normalized spacial score (nSPS) is 16.3. The molecule has 4 rings (SSSR count). The summed E-state index contributed by atoms with van der Waals surface area (Å²) in [5, 5.41) is 17.6. The number of aromatic nitrogens is 4. The minimum Gasteiger partial charge on any atom is -0.366 e. The van der Waals surface area contributed by atoms with Crippen molar-refractivity contribution < 1.29 is 0 Å². The molecule has 0 amide bonds. The van der Waals surface area contributed by atoms with Crippen molar-refractivity contribution in [3.05, 3.63) is 51.8 Å². The highest BCUT2D eigenvalue weighted by Crippen LogP contribution is 2.22. The number of nitrogens with zero attached hydrogens (tertiary/aromatic N) is 5. The standard InChI is InChI=1S/C18H20Cl2N6/c1-12-22-23-18-3-2-17(24-26(12)18)21-16-4-6-25(7-5-16)11-13-8-14(19)10-15(20)9-13/h2-3,8-10,16H,4-7,11H2,1H3,(H,21,24). The van der Waals surface area contributed by atoms with Crippen LogP contribution in [0.4, 0.5) is 5.82 Å². The smallest absolute Gasteiger partial charge is 0.178 e. The van der Waals surface area contributed by atoms with Gasteiger partial charge in [-0.05, 0) is 55.7 Å². The molecule has 3 aromatic rings. The number of nitrogens with one attached hydrogen (secondary N) is 1. The molecule has 2 aromatic heterocycles. The van der Waals surface area contributed by atoms with E-state index in [1.54, 1.807) is 10.6 Å². The second kappa shape index (κ2) is 7.39. The summed E-state index contributed by atoms with van der Waals surface area (Å²) < 4.78 is 1.76. The summed E-state index contributed by atoms with van der Waals surface area (Å²) >= 11 is 12.2. The fourth-order valence-corrected chi connectivity index (χ4v) is 3.95. The van der Waals surface area contributed by atoms with E-state index >= 15 is 0 Å². The van der Waals surface area contributed by atoms with Crippen molar-refractivity contribution in [2.24, 2.45) is 0 Å². The van der Waals surface area contributed by atoms with Gasteiger partial charge in [0.1, 0.15) is 5.82 Å². The van der Waals surface area contributed by atoms with E-state index in [-0.39, 0.29) is 0 Å². The van der Waals surface area contributed by atoms with Crippen molar-refractivity contribution in [1.82, 2.24) is 24.7 Å². The summed E-state index contributed by atoms with van der Waals surface area (Å²) in [5.74, 6) is 1.65. The lowest BCUT2D eigenvalue weighted by molar-refractivity contribution is 0.211. The maximum Gasteiger partial charge on any atom is 0.178 e. The first kappa shape index (κ1) is 17.5. The summed E-state index contributed by atoms with van der Waals surface area (Å²) in [4.78, 5) is 2.43. The number of likely N-dealkylation sites (tertiary alicyclic amines) is 1. The van der Waals surface area contributed by atoms with Gasteiger partial charge in [0.15, 0.2) is 11.5 Å². The molecular formula is C18H20Cl2N6. The molecule has 0 spiro atoms. The number of rotatable bonds is 4. The summed E-state index contributed by atoms with van der Waals surface area (Å²) in [7, 11) is 0. The van der Waals surface area contributed by atoms with Gasteiger partial charge in [0, 0.05) is 35.7 Å². The van der Waals surface area contributed by atoms with Crippen LogP contribution in [-0.4, -0.2) is 43.8 Å². The maximum atomic E-state index is 6.09. The zero-order valence-corrected chi connectivity index (χ0v) is 16.0. The molecule has 0 atom stereocenters. The Kier molecular flexibility index (Phi) is 4.98. The van der Waals surface area contributed by atoms with Crippen molar-refractivity contribution in [2.45, 2.75) is 32.4 Å². The fraction of sp³-hybridized carbons (Fsp3) is 0.389. The minimum absolute atomic E-state index is 0.413. The molecule has 1 aliphatic heterocycles. The molecule has 6 nitrogen and oxygen atoms in total. The molecule has 0 saturated carbocycles. The van der Waals surface area contributed by atoms with E-state index in [1.807, 2.05) is 31.2 Å². The Balaban J connectivity index is 1.34. The van der Waals surface area contributed by atoms with Gasteiger partial charge in [0.05, 0.1) is 0 Å². The summed E-state index contributed by atoms with van der Waals surface area (Å²) in [6.45, 7) is 4.82. The van der Waals surface area contributed by atoms with Crippen LogP contribution in [-0.2, 0) is 6.54 Å². The average Bonchev–Trinajstić information content (AvgIpc) is 2.97. The molecule has 8 heteroatoms. The summed E-state index contributed by atoms with van der Waals surface area (Å²) in [5.41, 5.74) is 1.92. The molecule has 1 aliphatic rings. The number of benzene rings is 1. The monoisotopic (exact) mass is 390 g/mol. The fourth-order valence-electron chi connectivity index (χ4n) is 3.38. The van der Waals surface area contributed by atoms with Crippen molar-refractivity contribution in [3.63, 3.8) is 0 Å².